The van der Waals surface area contributed by atoms with Gasteiger partial charge in [-0.25, -0.2) is 0 Å². The maximum absolute atomic E-state index is 11.8. The van der Waals surface area contributed by atoms with Crippen molar-refractivity contribution in [3.63, 3.8) is 0 Å². The molecule has 3 fully saturated rings. The van der Waals surface area contributed by atoms with E-state index < -0.39 is 0 Å². The summed E-state index contributed by atoms with van der Waals surface area (Å²) in [7, 11) is 0. The molecule has 0 aromatic rings. The number of hydrogen-bond acceptors (Lipinski definition) is 2. The lowest BCUT2D eigenvalue weighted by atomic mass is 9.51. The zero-order chi connectivity index (χ0) is 14.8. The van der Waals surface area contributed by atoms with Crippen LogP contribution in [0.2, 0.25) is 0 Å². The van der Waals surface area contributed by atoms with Crippen LogP contribution in [0.15, 0.2) is 11.6 Å². The van der Waals surface area contributed by atoms with Crippen LogP contribution in [0.25, 0.3) is 0 Å². The SMILES string of the molecule is CC1C2=CC(=O)CCC2CC2C1CCC1(C)C(O)CCC21. The van der Waals surface area contributed by atoms with Gasteiger partial charge in [-0.3, -0.25) is 4.79 Å². The third-order valence-electron chi connectivity index (χ3n) is 7.71. The third-order valence-corrected chi connectivity index (χ3v) is 7.71. The normalized spacial score (nSPS) is 52.7. The quantitative estimate of drug-likeness (QED) is 0.737. The molecule has 4 aliphatic carbocycles. The van der Waals surface area contributed by atoms with Gasteiger partial charge in [-0.05, 0) is 79.6 Å². The van der Waals surface area contributed by atoms with Crippen molar-refractivity contribution in [3.8, 4) is 0 Å². The van der Waals surface area contributed by atoms with Gasteiger partial charge in [0, 0.05) is 6.42 Å². The first-order valence-electron chi connectivity index (χ1n) is 8.93. The Balaban J connectivity index is 1.66. The summed E-state index contributed by atoms with van der Waals surface area (Å²) in [6.45, 7) is 4.70. The number of ketones is 1. The molecule has 4 rings (SSSR count). The molecule has 0 amide bonds. The van der Waals surface area contributed by atoms with E-state index in [0.717, 1.165) is 31.1 Å². The summed E-state index contributed by atoms with van der Waals surface area (Å²) in [6, 6.07) is 0. The Hall–Kier alpha value is -0.630. The van der Waals surface area contributed by atoms with Gasteiger partial charge in [0.2, 0.25) is 0 Å². The summed E-state index contributed by atoms with van der Waals surface area (Å²) in [5.74, 6) is 3.84. The molecule has 0 radical (unpaired) electrons. The summed E-state index contributed by atoms with van der Waals surface area (Å²) < 4.78 is 0. The molecule has 0 aromatic carbocycles. The van der Waals surface area contributed by atoms with Crippen molar-refractivity contribution >= 4 is 5.78 Å². The van der Waals surface area contributed by atoms with Gasteiger partial charge in [-0.2, -0.15) is 0 Å². The van der Waals surface area contributed by atoms with Crippen molar-refractivity contribution in [2.75, 3.05) is 0 Å². The Labute approximate surface area is 128 Å². The van der Waals surface area contributed by atoms with E-state index in [1.807, 2.05) is 6.08 Å². The first-order chi connectivity index (χ1) is 10.0. The molecule has 0 heterocycles. The molecule has 0 aliphatic heterocycles. The van der Waals surface area contributed by atoms with Gasteiger partial charge in [0.25, 0.3) is 0 Å². The number of allylic oxidation sites excluding steroid dienone is 2. The number of aliphatic hydroxyl groups excluding tert-OH is 1. The largest absolute Gasteiger partial charge is 0.393 e. The second kappa shape index (κ2) is 4.68. The van der Waals surface area contributed by atoms with Gasteiger partial charge in [0.15, 0.2) is 5.78 Å². The maximum Gasteiger partial charge on any atom is 0.155 e. The Kier molecular flexibility index (Phi) is 3.12. The number of hydrogen-bond donors (Lipinski definition) is 1. The van der Waals surface area contributed by atoms with Crippen LogP contribution in [0, 0.1) is 35.0 Å². The number of aliphatic hydroxyl groups is 1. The Morgan fingerprint density at radius 2 is 2.00 bits per heavy atom. The summed E-state index contributed by atoms with van der Waals surface area (Å²) >= 11 is 0. The van der Waals surface area contributed by atoms with Gasteiger partial charge >= 0.3 is 0 Å². The topological polar surface area (TPSA) is 37.3 Å². The fourth-order valence-corrected chi connectivity index (χ4v) is 6.44. The van der Waals surface area contributed by atoms with Gasteiger partial charge < -0.3 is 5.11 Å². The lowest BCUT2D eigenvalue weighted by Crippen LogP contribution is -2.48. The Bertz CT molecular complexity index is 494. The Morgan fingerprint density at radius 1 is 1.19 bits per heavy atom. The molecule has 2 heteroatoms. The van der Waals surface area contributed by atoms with E-state index >= 15 is 0 Å². The molecule has 21 heavy (non-hydrogen) atoms. The lowest BCUT2D eigenvalue weighted by Gasteiger charge is -2.54. The van der Waals surface area contributed by atoms with Crippen LogP contribution in [0.5, 0.6) is 0 Å². The van der Waals surface area contributed by atoms with Crippen molar-refractivity contribution in [1.82, 2.24) is 0 Å². The van der Waals surface area contributed by atoms with E-state index in [1.54, 1.807) is 0 Å². The monoisotopic (exact) mass is 288 g/mol. The van der Waals surface area contributed by atoms with Crippen LogP contribution < -0.4 is 0 Å². The van der Waals surface area contributed by atoms with E-state index in [2.05, 4.69) is 13.8 Å². The molecule has 0 aromatic heterocycles. The van der Waals surface area contributed by atoms with Crippen LogP contribution in [0.4, 0.5) is 0 Å². The van der Waals surface area contributed by atoms with Crippen molar-refractivity contribution in [1.29, 1.82) is 0 Å². The zero-order valence-electron chi connectivity index (χ0n) is 13.3. The van der Waals surface area contributed by atoms with Crippen LogP contribution in [-0.4, -0.2) is 17.0 Å². The van der Waals surface area contributed by atoms with Crippen molar-refractivity contribution in [2.45, 2.75) is 64.9 Å². The summed E-state index contributed by atoms with van der Waals surface area (Å²) in [5.41, 5.74) is 1.64. The molecular formula is C19H28O2. The van der Waals surface area contributed by atoms with Gasteiger partial charge in [0.1, 0.15) is 0 Å². The first-order valence-corrected chi connectivity index (χ1v) is 8.93. The highest BCUT2D eigenvalue weighted by Crippen LogP contribution is 2.62. The van der Waals surface area contributed by atoms with Crippen molar-refractivity contribution < 1.29 is 9.90 Å². The van der Waals surface area contributed by atoms with Crippen LogP contribution in [0.3, 0.4) is 0 Å². The number of fused-ring (bicyclic) bond motifs is 4. The summed E-state index contributed by atoms with van der Waals surface area (Å²) in [6.07, 6.45) is 9.66. The molecule has 7 atom stereocenters. The lowest BCUT2D eigenvalue weighted by molar-refractivity contribution is -0.116. The second-order valence-electron chi connectivity index (χ2n) is 8.44. The summed E-state index contributed by atoms with van der Waals surface area (Å²) in [5, 5.41) is 10.5. The minimum absolute atomic E-state index is 0.0800. The number of rotatable bonds is 0. The highest BCUT2D eigenvalue weighted by atomic mass is 16.3. The van der Waals surface area contributed by atoms with Gasteiger partial charge in [-0.15, -0.1) is 0 Å². The minimum Gasteiger partial charge on any atom is -0.393 e. The van der Waals surface area contributed by atoms with Crippen molar-refractivity contribution in [3.05, 3.63) is 11.6 Å². The highest BCUT2D eigenvalue weighted by molar-refractivity contribution is 5.91. The molecule has 0 saturated heterocycles. The fraction of sp³-hybridized carbons (Fsp3) is 0.842. The molecular weight excluding hydrogens is 260 g/mol. The van der Waals surface area contributed by atoms with Crippen LogP contribution in [-0.2, 0) is 4.79 Å². The zero-order valence-corrected chi connectivity index (χ0v) is 13.3. The Morgan fingerprint density at radius 3 is 2.81 bits per heavy atom. The van der Waals surface area contributed by atoms with Gasteiger partial charge in [0.05, 0.1) is 6.10 Å². The van der Waals surface area contributed by atoms with E-state index in [0.29, 0.717) is 23.5 Å². The van der Waals surface area contributed by atoms with E-state index in [9.17, 15) is 9.90 Å². The highest BCUT2D eigenvalue weighted by Gasteiger charge is 2.56. The molecule has 0 spiro atoms. The molecule has 7 unspecified atom stereocenters. The molecule has 1 N–H and O–H groups in total. The summed E-state index contributed by atoms with van der Waals surface area (Å²) in [4.78, 5) is 11.8. The van der Waals surface area contributed by atoms with Gasteiger partial charge in [-0.1, -0.05) is 19.4 Å². The molecule has 3 saturated carbocycles. The second-order valence-corrected chi connectivity index (χ2v) is 8.44. The number of carbonyl (C=O) groups is 1. The smallest absolute Gasteiger partial charge is 0.155 e. The molecule has 0 bridgehead atoms. The average Bonchev–Trinajstić information content (AvgIpc) is 2.76. The standard InChI is InChI=1S/C19H28O2/c1-11-14-7-8-19(2)17(5-6-18(19)21)16(14)9-12-3-4-13(20)10-15(11)12/h10-12,14,16-18,21H,3-9H2,1-2H3. The van der Waals surface area contributed by atoms with Crippen LogP contribution >= 0.6 is 0 Å². The van der Waals surface area contributed by atoms with Crippen molar-refractivity contribution in [2.24, 2.45) is 35.0 Å². The van der Waals surface area contributed by atoms with E-state index in [1.165, 1.54) is 31.3 Å². The molecule has 4 aliphatic rings. The van der Waals surface area contributed by atoms with E-state index in [-0.39, 0.29) is 11.5 Å². The average molecular weight is 288 g/mol. The maximum atomic E-state index is 11.8. The predicted octanol–water partition coefficient (Wildman–Crippen LogP) is 3.74. The minimum atomic E-state index is -0.0800. The molecule has 116 valence electrons. The third kappa shape index (κ3) is 1.91. The first kappa shape index (κ1) is 14.0. The predicted molar refractivity (Wildman–Crippen MR) is 82.6 cm³/mol. The molecule has 2 nitrogen and oxygen atoms in total. The van der Waals surface area contributed by atoms with E-state index in [4.69, 9.17) is 0 Å². The fourth-order valence-electron chi connectivity index (χ4n) is 6.44. The number of carbonyl (C=O) groups excluding carboxylic acids is 1. The van der Waals surface area contributed by atoms with Crippen LogP contribution in [0.1, 0.15) is 58.8 Å².